The minimum atomic E-state index is -3.57. The summed E-state index contributed by atoms with van der Waals surface area (Å²) < 4.78 is 27.3. The topological polar surface area (TPSA) is 66.5 Å². The van der Waals surface area contributed by atoms with E-state index in [-0.39, 0.29) is 23.8 Å². The highest BCUT2D eigenvalue weighted by atomic mass is 32.2. The Labute approximate surface area is 151 Å². The van der Waals surface area contributed by atoms with Crippen molar-refractivity contribution in [2.45, 2.75) is 69.7 Å². The number of carbonyl (C=O) groups is 1. The molecule has 5 nitrogen and oxygen atoms in total. The van der Waals surface area contributed by atoms with Crippen LogP contribution in [0.2, 0.25) is 0 Å². The molecular formula is C19H30N2O3S. The zero-order valence-corrected chi connectivity index (χ0v) is 16.4. The number of benzene rings is 1. The first-order valence-corrected chi connectivity index (χ1v) is 10.6. The second kappa shape index (κ2) is 8.81. The minimum Gasteiger partial charge on any atom is -0.343 e. The molecule has 0 aliphatic heterocycles. The summed E-state index contributed by atoms with van der Waals surface area (Å²) in [6.45, 7) is 3.96. The van der Waals surface area contributed by atoms with Gasteiger partial charge in [0.1, 0.15) is 0 Å². The lowest BCUT2D eigenvalue weighted by atomic mass is 10.1. The van der Waals surface area contributed by atoms with Crippen molar-refractivity contribution in [3.8, 4) is 0 Å². The van der Waals surface area contributed by atoms with Gasteiger partial charge in [0.25, 0.3) is 0 Å². The summed E-state index contributed by atoms with van der Waals surface area (Å²) in [4.78, 5) is 14.4. The summed E-state index contributed by atoms with van der Waals surface area (Å²) in [6, 6.07) is 5.36. The van der Waals surface area contributed by atoms with Crippen molar-refractivity contribution in [1.82, 2.24) is 9.62 Å². The maximum atomic E-state index is 12.4. The van der Waals surface area contributed by atoms with E-state index in [4.69, 9.17) is 0 Å². The summed E-state index contributed by atoms with van der Waals surface area (Å²) in [7, 11) is -1.73. The Bertz CT molecular complexity index is 693. The molecule has 1 saturated carbocycles. The Balaban J connectivity index is 1.87. The van der Waals surface area contributed by atoms with E-state index >= 15 is 0 Å². The van der Waals surface area contributed by atoms with Crippen molar-refractivity contribution >= 4 is 15.9 Å². The predicted molar refractivity (Wildman–Crippen MR) is 100.0 cm³/mol. The quantitative estimate of drug-likeness (QED) is 0.787. The Kier molecular flexibility index (Phi) is 7.02. The van der Waals surface area contributed by atoms with E-state index in [2.05, 4.69) is 4.72 Å². The highest BCUT2D eigenvalue weighted by Crippen LogP contribution is 2.21. The summed E-state index contributed by atoms with van der Waals surface area (Å²) >= 11 is 0. The molecule has 6 heteroatoms. The molecule has 1 amide bonds. The Morgan fingerprint density at radius 3 is 2.36 bits per heavy atom. The van der Waals surface area contributed by atoms with Crippen LogP contribution >= 0.6 is 0 Å². The summed E-state index contributed by atoms with van der Waals surface area (Å²) in [5, 5.41) is 0. The molecule has 0 heterocycles. The molecular weight excluding hydrogens is 336 g/mol. The Hall–Kier alpha value is -1.40. The maximum Gasteiger partial charge on any atom is 0.240 e. The molecule has 1 N–H and O–H groups in total. The van der Waals surface area contributed by atoms with Gasteiger partial charge >= 0.3 is 0 Å². The molecule has 0 spiro atoms. The lowest BCUT2D eigenvalue weighted by molar-refractivity contribution is -0.132. The van der Waals surface area contributed by atoms with Gasteiger partial charge in [-0.15, -0.1) is 0 Å². The van der Waals surface area contributed by atoms with E-state index in [0.29, 0.717) is 6.04 Å². The molecule has 25 heavy (non-hydrogen) atoms. The summed E-state index contributed by atoms with van der Waals surface area (Å²) in [5.41, 5.74) is 1.99. The van der Waals surface area contributed by atoms with Gasteiger partial charge in [0.15, 0.2) is 0 Å². The largest absolute Gasteiger partial charge is 0.343 e. The van der Waals surface area contributed by atoms with Crippen molar-refractivity contribution in [2.24, 2.45) is 0 Å². The molecule has 1 aliphatic rings. The number of sulfonamides is 1. The number of nitrogens with one attached hydrogen (secondary N) is 1. The van der Waals surface area contributed by atoms with Gasteiger partial charge in [0.2, 0.25) is 15.9 Å². The molecule has 1 aromatic carbocycles. The standard InChI is InChI=1S/C19H30N2O3S/c1-15-10-11-18(14-16(15)2)25(23,24)20-13-12-19(22)21(3)17-8-6-4-5-7-9-17/h10-11,14,17,20H,4-9,12-13H2,1-3H3. The molecule has 0 radical (unpaired) electrons. The van der Waals surface area contributed by atoms with E-state index < -0.39 is 10.0 Å². The fourth-order valence-corrected chi connectivity index (χ4v) is 4.40. The number of aryl methyl sites for hydroxylation is 2. The van der Waals surface area contributed by atoms with Crippen LogP contribution in [0.3, 0.4) is 0 Å². The summed E-state index contributed by atoms with van der Waals surface area (Å²) in [6.07, 6.45) is 7.12. The van der Waals surface area contributed by atoms with Gasteiger partial charge in [-0.2, -0.15) is 0 Å². The fraction of sp³-hybridized carbons (Fsp3) is 0.632. The predicted octanol–water partition coefficient (Wildman–Crippen LogP) is 3.15. The van der Waals surface area contributed by atoms with Crippen LogP contribution in [0, 0.1) is 13.8 Å². The first-order valence-electron chi connectivity index (χ1n) is 9.14. The van der Waals surface area contributed by atoms with Crippen LogP contribution in [0.5, 0.6) is 0 Å². The third kappa shape index (κ3) is 5.54. The third-order valence-electron chi connectivity index (χ3n) is 5.19. The monoisotopic (exact) mass is 366 g/mol. The molecule has 0 bridgehead atoms. The second-order valence-electron chi connectivity index (χ2n) is 7.04. The van der Waals surface area contributed by atoms with Crippen LogP contribution < -0.4 is 4.72 Å². The van der Waals surface area contributed by atoms with Gasteiger partial charge in [-0.05, 0) is 49.9 Å². The van der Waals surface area contributed by atoms with Crippen LogP contribution in [0.1, 0.15) is 56.1 Å². The van der Waals surface area contributed by atoms with E-state index in [1.165, 1.54) is 25.7 Å². The second-order valence-corrected chi connectivity index (χ2v) is 8.81. The van der Waals surface area contributed by atoms with Gasteiger partial charge in [0, 0.05) is 26.1 Å². The zero-order valence-electron chi connectivity index (χ0n) is 15.5. The summed E-state index contributed by atoms with van der Waals surface area (Å²) in [5.74, 6) is 0.00897. The lowest BCUT2D eigenvalue weighted by Crippen LogP contribution is -2.38. The average molecular weight is 367 g/mol. The Morgan fingerprint density at radius 1 is 1.12 bits per heavy atom. The highest BCUT2D eigenvalue weighted by molar-refractivity contribution is 7.89. The van der Waals surface area contributed by atoms with Crippen molar-refractivity contribution in [1.29, 1.82) is 0 Å². The smallest absolute Gasteiger partial charge is 0.240 e. The van der Waals surface area contributed by atoms with Crippen molar-refractivity contribution in [3.05, 3.63) is 29.3 Å². The highest BCUT2D eigenvalue weighted by Gasteiger charge is 2.21. The lowest BCUT2D eigenvalue weighted by Gasteiger charge is -2.27. The molecule has 0 unspecified atom stereocenters. The molecule has 2 rings (SSSR count). The maximum absolute atomic E-state index is 12.4. The molecule has 0 atom stereocenters. The molecule has 0 aromatic heterocycles. The third-order valence-corrected chi connectivity index (χ3v) is 6.64. The van der Waals surface area contributed by atoms with E-state index in [0.717, 1.165) is 24.0 Å². The number of rotatable bonds is 6. The van der Waals surface area contributed by atoms with Crippen molar-refractivity contribution < 1.29 is 13.2 Å². The van der Waals surface area contributed by atoms with Crippen LogP contribution in [-0.2, 0) is 14.8 Å². The molecule has 1 fully saturated rings. The number of nitrogens with zero attached hydrogens (tertiary/aromatic N) is 1. The van der Waals surface area contributed by atoms with E-state index in [1.807, 2.05) is 25.8 Å². The molecule has 140 valence electrons. The molecule has 0 saturated heterocycles. The number of hydrogen-bond donors (Lipinski definition) is 1. The number of amides is 1. The van der Waals surface area contributed by atoms with Crippen molar-refractivity contribution in [3.63, 3.8) is 0 Å². The van der Waals surface area contributed by atoms with E-state index in [1.54, 1.807) is 18.2 Å². The zero-order chi connectivity index (χ0) is 18.4. The van der Waals surface area contributed by atoms with Crippen LogP contribution in [0.15, 0.2) is 23.1 Å². The van der Waals surface area contributed by atoms with Gasteiger partial charge in [-0.3, -0.25) is 4.79 Å². The minimum absolute atomic E-state index is 0.00897. The first-order chi connectivity index (χ1) is 11.8. The molecule has 1 aliphatic carbocycles. The van der Waals surface area contributed by atoms with E-state index in [9.17, 15) is 13.2 Å². The van der Waals surface area contributed by atoms with Gasteiger partial charge < -0.3 is 4.90 Å². The fourth-order valence-electron chi connectivity index (χ4n) is 3.28. The molecule has 1 aromatic rings. The van der Waals surface area contributed by atoms with Crippen LogP contribution in [0.25, 0.3) is 0 Å². The van der Waals surface area contributed by atoms with Crippen molar-refractivity contribution in [2.75, 3.05) is 13.6 Å². The van der Waals surface area contributed by atoms with Crippen LogP contribution in [-0.4, -0.2) is 38.9 Å². The van der Waals surface area contributed by atoms with Crippen LogP contribution in [0.4, 0.5) is 0 Å². The number of hydrogen-bond acceptors (Lipinski definition) is 3. The van der Waals surface area contributed by atoms with Gasteiger partial charge in [0.05, 0.1) is 4.90 Å². The van der Waals surface area contributed by atoms with Gasteiger partial charge in [-0.1, -0.05) is 31.7 Å². The normalized spacial score (nSPS) is 16.4. The number of carbonyl (C=O) groups excluding carboxylic acids is 1. The SMILES string of the molecule is Cc1ccc(S(=O)(=O)NCCC(=O)N(C)C2CCCCCC2)cc1C. The van der Waals surface area contributed by atoms with Gasteiger partial charge in [-0.25, -0.2) is 13.1 Å². The average Bonchev–Trinajstić information content (AvgIpc) is 2.85. The first kappa shape index (κ1) is 19.9. The Morgan fingerprint density at radius 2 is 1.76 bits per heavy atom.